The number of hydrogen-bond acceptors (Lipinski definition) is 3. The lowest BCUT2D eigenvalue weighted by molar-refractivity contribution is 0.0928. The predicted octanol–water partition coefficient (Wildman–Crippen LogP) is 2.63. The Hall–Kier alpha value is -2.24. The molecular weight excluding hydrogens is 271 g/mol. The molecule has 1 atom stereocenters. The van der Waals surface area contributed by atoms with Crippen LogP contribution >= 0.6 is 0 Å². The normalized spacial score (nSPS) is 12.2. The van der Waals surface area contributed by atoms with Gasteiger partial charge in [0.2, 0.25) is 5.82 Å². The number of nitrogens with one attached hydrogen (secondary N) is 1. The molecule has 2 rings (SSSR count). The molecule has 0 bridgehead atoms. The van der Waals surface area contributed by atoms with Gasteiger partial charge in [-0.05, 0) is 44.5 Å². The Labute approximate surface area is 123 Å². The average molecular weight is 290 g/mol. The third-order valence-electron chi connectivity index (χ3n) is 3.14. The summed E-state index contributed by atoms with van der Waals surface area (Å²) in [4.78, 5) is 16.2. The summed E-state index contributed by atoms with van der Waals surface area (Å²) in [7, 11) is 0. The maximum atomic E-state index is 12.9. The van der Waals surface area contributed by atoms with Crippen LogP contribution in [-0.2, 0) is 0 Å². The van der Waals surface area contributed by atoms with Crippen molar-refractivity contribution in [2.75, 3.05) is 0 Å². The summed E-state index contributed by atoms with van der Waals surface area (Å²) < 4.78 is 14.5. The number of rotatable bonds is 5. The van der Waals surface area contributed by atoms with E-state index in [4.69, 9.17) is 0 Å². The first kappa shape index (κ1) is 15.2. The second-order valence-corrected chi connectivity index (χ2v) is 5.03. The number of amides is 1. The Kier molecular flexibility index (Phi) is 4.67. The summed E-state index contributed by atoms with van der Waals surface area (Å²) in [6, 6.07) is 5.97. The maximum absolute atomic E-state index is 12.9. The van der Waals surface area contributed by atoms with Gasteiger partial charge in [0.1, 0.15) is 11.6 Å². The van der Waals surface area contributed by atoms with E-state index in [1.165, 1.54) is 16.8 Å². The monoisotopic (exact) mass is 290 g/mol. The van der Waals surface area contributed by atoms with Crippen LogP contribution in [0.4, 0.5) is 4.39 Å². The van der Waals surface area contributed by atoms with Crippen LogP contribution in [-0.4, -0.2) is 26.7 Å². The lowest BCUT2D eigenvalue weighted by atomic mass is 10.2. The molecule has 6 heteroatoms. The van der Waals surface area contributed by atoms with Gasteiger partial charge in [-0.15, -0.1) is 5.10 Å². The summed E-state index contributed by atoms with van der Waals surface area (Å²) in [5.41, 5.74) is 0.669. The lowest BCUT2D eigenvalue weighted by Gasteiger charge is -2.10. The number of nitrogens with zero attached hydrogens (tertiary/aromatic N) is 3. The third kappa shape index (κ3) is 3.65. The molecule has 112 valence electrons. The Morgan fingerprint density at radius 2 is 2.05 bits per heavy atom. The van der Waals surface area contributed by atoms with Crippen molar-refractivity contribution >= 4 is 5.91 Å². The van der Waals surface area contributed by atoms with Crippen LogP contribution in [0.5, 0.6) is 0 Å². The van der Waals surface area contributed by atoms with E-state index in [1.807, 2.05) is 6.92 Å². The third-order valence-corrected chi connectivity index (χ3v) is 3.14. The van der Waals surface area contributed by atoms with Crippen molar-refractivity contribution in [1.82, 2.24) is 20.1 Å². The first-order valence-electron chi connectivity index (χ1n) is 7.01. The molecule has 0 spiro atoms. The van der Waals surface area contributed by atoms with Crippen molar-refractivity contribution in [3.63, 3.8) is 0 Å². The van der Waals surface area contributed by atoms with Crippen molar-refractivity contribution < 1.29 is 9.18 Å². The Morgan fingerprint density at radius 1 is 1.38 bits per heavy atom. The summed E-state index contributed by atoms with van der Waals surface area (Å²) in [6.45, 7) is 5.77. The highest BCUT2D eigenvalue weighted by molar-refractivity contribution is 5.90. The topological polar surface area (TPSA) is 59.8 Å². The molecule has 1 aromatic heterocycles. The highest BCUT2D eigenvalue weighted by Gasteiger charge is 2.16. The zero-order valence-corrected chi connectivity index (χ0v) is 12.4. The average Bonchev–Trinajstić information content (AvgIpc) is 2.82. The van der Waals surface area contributed by atoms with Crippen LogP contribution in [0.1, 0.15) is 43.1 Å². The van der Waals surface area contributed by atoms with Gasteiger partial charge in [-0.3, -0.25) is 4.79 Å². The standard InChI is InChI=1S/C15H19FN4O/c1-4-5-10(2)17-15(21)14-18-11(3)20(19-14)13-8-6-12(16)7-9-13/h6-10H,4-5H2,1-3H3,(H,17,21)/t10-/m1/s1. The molecule has 0 unspecified atom stereocenters. The van der Waals surface area contributed by atoms with E-state index in [-0.39, 0.29) is 23.6 Å². The zero-order chi connectivity index (χ0) is 15.4. The van der Waals surface area contributed by atoms with E-state index in [0.717, 1.165) is 12.8 Å². The van der Waals surface area contributed by atoms with E-state index in [0.29, 0.717) is 11.5 Å². The van der Waals surface area contributed by atoms with Gasteiger partial charge in [-0.2, -0.15) is 0 Å². The van der Waals surface area contributed by atoms with Gasteiger partial charge in [0.15, 0.2) is 0 Å². The first-order valence-corrected chi connectivity index (χ1v) is 7.01. The highest BCUT2D eigenvalue weighted by atomic mass is 19.1. The molecule has 2 aromatic rings. The second-order valence-electron chi connectivity index (χ2n) is 5.03. The number of benzene rings is 1. The molecule has 1 N–H and O–H groups in total. The minimum atomic E-state index is -0.317. The van der Waals surface area contributed by atoms with Gasteiger partial charge in [-0.1, -0.05) is 13.3 Å². The molecule has 1 amide bonds. The molecule has 5 nitrogen and oxygen atoms in total. The Morgan fingerprint density at radius 3 is 2.67 bits per heavy atom. The summed E-state index contributed by atoms with van der Waals surface area (Å²) >= 11 is 0. The minimum Gasteiger partial charge on any atom is -0.347 e. The van der Waals surface area contributed by atoms with Crippen molar-refractivity contribution in [3.8, 4) is 5.69 Å². The zero-order valence-electron chi connectivity index (χ0n) is 12.4. The van der Waals surface area contributed by atoms with E-state index >= 15 is 0 Å². The van der Waals surface area contributed by atoms with Crippen LogP contribution in [0.3, 0.4) is 0 Å². The largest absolute Gasteiger partial charge is 0.347 e. The van der Waals surface area contributed by atoms with E-state index in [1.54, 1.807) is 19.1 Å². The number of carbonyl (C=O) groups excluding carboxylic acids is 1. The number of aromatic nitrogens is 3. The van der Waals surface area contributed by atoms with Crippen LogP contribution in [0.15, 0.2) is 24.3 Å². The number of halogens is 1. The number of carbonyl (C=O) groups is 1. The smallest absolute Gasteiger partial charge is 0.291 e. The highest BCUT2D eigenvalue weighted by Crippen LogP contribution is 2.10. The Bertz CT molecular complexity index is 621. The van der Waals surface area contributed by atoms with Gasteiger partial charge >= 0.3 is 0 Å². The maximum Gasteiger partial charge on any atom is 0.291 e. The van der Waals surface area contributed by atoms with E-state index in [2.05, 4.69) is 22.3 Å². The van der Waals surface area contributed by atoms with Crippen LogP contribution in [0, 0.1) is 12.7 Å². The molecule has 0 saturated carbocycles. The molecule has 1 heterocycles. The predicted molar refractivity (Wildman–Crippen MR) is 77.9 cm³/mol. The lowest BCUT2D eigenvalue weighted by Crippen LogP contribution is -2.33. The molecule has 21 heavy (non-hydrogen) atoms. The van der Waals surface area contributed by atoms with Crippen LogP contribution < -0.4 is 5.32 Å². The van der Waals surface area contributed by atoms with Crippen LogP contribution in [0.2, 0.25) is 0 Å². The fourth-order valence-corrected chi connectivity index (χ4v) is 2.11. The van der Waals surface area contributed by atoms with Gasteiger partial charge in [-0.25, -0.2) is 14.1 Å². The van der Waals surface area contributed by atoms with Gasteiger partial charge < -0.3 is 5.32 Å². The number of aryl methyl sites for hydroxylation is 1. The minimum absolute atomic E-state index is 0.0839. The van der Waals surface area contributed by atoms with E-state index < -0.39 is 0 Å². The quantitative estimate of drug-likeness (QED) is 0.921. The van der Waals surface area contributed by atoms with Crippen LogP contribution in [0.25, 0.3) is 5.69 Å². The summed E-state index contributed by atoms with van der Waals surface area (Å²) in [6.07, 6.45) is 1.90. The molecule has 0 fully saturated rings. The Balaban J connectivity index is 2.19. The molecule has 0 aliphatic carbocycles. The number of hydrogen-bond donors (Lipinski definition) is 1. The van der Waals surface area contributed by atoms with Gasteiger partial charge in [0.05, 0.1) is 5.69 Å². The molecule has 0 saturated heterocycles. The fraction of sp³-hybridized carbons (Fsp3) is 0.400. The SMILES string of the molecule is CCC[C@@H](C)NC(=O)c1nc(C)n(-c2ccc(F)cc2)n1. The van der Waals surface area contributed by atoms with Crippen molar-refractivity contribution in [2.24, 2.45) is 0 Å². The van der Waals surface area contributed by atoms with Gasteiger partial charge in [0.25, 0.3) is 5.91 Å². The molecule has 0 radical (unpaired) electrons. The second kappa shape index (κ2) is 6.47. The van der Waals surface area contributed by atoms with E-state index in [9.17, 15) is 9.18 Å². The molecule has 1 aromatic carbocycles. The van der Waals surface area contributed by atoms with Crippen molar-refractivity contribution in [1.29, 1.82) is 0 Å². The molecule has 0 aliphatic rings. The summed E-state index contributed by atoms with van der Waals surface area (Å²) in [5.74, 6) is 0.0949. The van der Waals surface area contributed by atoms with Crippen molar-refractivity contribution in [2.45, 2.75) is 39.7 Å². The van der Waals surface area contributed by atoms with Crippen molar-refractivity contribution in [3.05, 3.63) is 41.7 Å². The molecule has 0 aliphatic heterocycles. The summed E-state index contributed by atoms with van der Waals surface area (Å²) in [5, 5.41) is 7.05. The molecular formula is C15H19FN4O. The first-order chi connectivity index (χ1) is 10.0. The van der Waals surface area contributed by atoms with Gasteiger partial charge in [0, 0.05) is 6.04 Å². The fourth-order valence-electron chi connectivity index (χ4n) is 2.11.